The Balaban J connectivity index is 1.79. The van der Waals surface area contributed by atoms with Gasteiger partial charge >= 0.3 is 12.2 Å². The van der Waals surface area contributed by atoms with Gasteiger partial charge in [-0.05, 0) is 24.3 Å². The summed E-state index contributed by atoms with van der Waals surface area (Å²) < 4.78 is 77.0. The molecule has 3 rings (SSSR count). The fourth-order valence-electron chi connectivity index (χ4n) is 2.68. The van der Waals surface area contributed by atoms with Gasteiger partial charge in [0, 0.05) is 18.8 Å². The molecule has 0 radical (unpaired) electrons. The van der Waals surface area contributed by atoms with E-state index in [4.69, 9.17) is 21.1 Å². The molecular formula is C18H16ClF3N6O5S. The van der Waals surface area contributed by atoms with E-state index in [0.29, 0.717) is 4.68 Å². The molecule has 3 aromatic rings. The maximum absolute atomic E-state index is 13.0. The van der Waals surface area contributed by atoms with Gasteiger partial charge in [-0.1, -0.05) is 11.6 Å². The molecule has 0 aliphatic rings. The number of benzene rings is 1. The highest BCUT2D eigenvalue weighted by atomic mass is 35.5. The van der Waals surface area contributed by atoms with Crippen molar-refractivity contribution >= 4 is 39.0 Å². The van der Waals surface area contributed by atoms with Gasteiger partial charge in [0.05, 0.1) is 19.1 Å². The van der Waals surface area contributed by atoms with Crippen LogP contribution in [0.3, 0.4) is 0 Å². The van der Waals surface area contributed by atoms with Gasteiger partial charge in [0.2, 0.25) is 5.88 Å². The van der Waals surface area contributed by atoms with Crippen molar-refractivity contribution in [1.82, 2.24) is 19.7 Å². The Hall–Kier alpha value is -3.59. The van der Waals surface area contributed by atoms with Crippen LogP contribution in [0.5, 0.6) is 11.9 Å². The molecule has 182 valence electrons. The van der Waals surface area contributed by atoms with Gasteiger partial charge in [-0.25, -0.2) is 8.42 Å². The lowest BCUT2D eigenvalue weighted by molar-refractivity contribution is -0.141. The molecule has 0 aliphatic heterocycles. The molecule has 0 fully saturated rings. The molecule has 2 heterocycles. The summed E-state index contributed by atoms with van der Waals surface area (Å²) >= 11 is 5.70. The summed E-state index contributed by atoms with van der Waals surface area (Å²) in [6, 6.07) is 5.92. The molecule has 2 N–H and O–H groups in total. The number of nitrogens with zero attached hydrogens (tertiary/aromatic N) is 4. The summed E-state index contributed by atoms with van der Waals surface area (Å²) in [5, 5.41) is 4.73. The predicted molar refractivity (Wildman–Crippen MR) is 114 cm³/mol. The number of amides is 1. The van der Waals surface area contributed by atoms with Crippen molar-refractivity contribution in [2.24, 2.45) is 7.05 Å². The third kappa shape index (κ3) is 5.31. The highest BCUT2D eigenvalue weighted by Crippen LogP contribution is 2.35. The number of carbonyl (C=O) groups is 1. The molecule has 11 nitrogen and oxygen atoms in total. The van der Waals surface area contributed by atoms with Crippen LogP contribution in [0.2, 0.25) is 5.02 Å². The Labute approximate surface area is 195 Å². The number of nitrogens with one attached hydrogen (secondary N) is 2. The van der Waals surface area contributed by atoms with E-state index in [-0.39, 0.29) is 28.3 Å². The summed E-state index contributed by atoms with van der Waals surface area (Å²) in [6.07, 6.45) is -4.84. The molecular weight excluding hydrogens is 505 g/mol. The van der Waals surface area contributed by atoms with Gasteiger partial charge in [0.15, 0.2) is 11.5 Å². The summed E-state index contributed by atoms with van der Waals surface area (Å²) in [7, 11) is -0.355. The Morgan fingerprint density at radius 2 is 1.76 bits per heavy atom. The van der Waals surface area contributed by atoms with Crippen molar-refractivity contribution in [2.45, 2.75) is 11.1 Å². The summed E-state index contributed by atoms with van der Waals surface area (Å²) in [6.45, 7) is 0. The number of methoxy groups -OCH3 is 2. The van der Waals surface area contributed by atoms with Crippen LogP contribution in [0.4, 0.5) is 24.7 Å². The molecule has 0 unspecified atom stereocenters. The largest absolute Gasteiger partial charge is 0.481 e. The first kappa shape index (κ1) is 25.0. The van der Waals surface area contributed by atoms with E-state index in [9.17, 15) is 26.4 Å². The van der Waals surface area contributed by atoms with Gasteiger partial charge in [-0.3, -0.25) is 14.2 Å². The Morgan fingerprint density at radius 1 is 1.12 bits per heavy atom. The van der Waals surface area contributed by atoms with Gasteiger partial charge in [0.25, 0.3) is 15.9 Å². The fourth-order valence-corrected chi connectivity index (χ4v) is 4.03. The molecule has 0 aliphatic carbocycles. The van der Waals surface area contributed by atoms with E-state index < -0.39 is 38.5 Å². The maximum atomic E-state index is 13.0. The van der Waals surface area contributed by atoms with Crippen LogP contribution in [0, 0.1) is 0 Å². The molecule has 34 heavy (non-hydrogen) atoms. The summed E-state index contributed by atoms with van der Waals surface area (Å²) in [5.41, 5.74) is -1.81. The van der Waals surface area contributed by atoms with E-state index in [1.165, 1.54) is 44.6 Å². The number of halogens is 4. The first-order valence-electron chi connectivity index (χ1n) is 9.06. The summed E-state index contributed by atoms with van der Waals surface area (Å²) in [4.78, 5) is 20.0. The zero-order chi connectivity index (χ0) is 25.3. The molecule has 0 spiro atoms. The van der Waals surface area contributed by atoms with Crippen LogP contribution < -0.4 is 19.5 Å². The minimum Gasteiger partial charge on any atom is -0.481 e. The van der Waals surface area contributed by atoms with Crippen LogP contribution in [0.1, 0.15) is 16.2 Å². The quantitative estimate of drug-likeness (QED) is 0.485. The molecule has 0 saturated heterocycles. The van der Waals surface area contributed by atoms with Crippen LogP contribution >= 0.6 is 11.6 Å². The Morgan fingerprint density at radius 3 is 2.29 bits per heavy atom. The van der Waals surface area contributed by atoms with Crippen molar-refractivity contribution in [2.75, 3.05) is 24.3 Å². The molecule has 1 aromatic carbocycles. The second-order valence-corrected chi connectivity index (χ2v) is 8.56. The van der Waals surface area contributed by atoms with Crippen molar-refractivity contribution in [1.29, 1.82) is 0 Å². The fraction of sp³-hybridized carbons (Fsp3) is 0.222. The van der Waals surface area contributed by atoms with Crippen molar-refractivity contribution < 1.29 is 35.9 Å². The molecule has 0 bridgehead atoms. The lowest BCUT2D eigenvalue weighted by Gasteiger charge is -2.10. The van der Waals surface area contributed by atoms with Gasteiger partial charge in [-0.15, -0.1) is 0 Å². The Bertz CT molecular complexity index is 1310. The van der Waals surface area contributed by atoms with E-state index in [1.54, 1.807) is 0 Å². The van der Waals surface area contributed by atoms with E-state index in [2.05, 4.69) is 25.1 Å². The zero-order valence-corrected chi connectivity index (χ0v) is 19.2. The van der Waals surface area contributed by atoms with E-state index in [1.807, 2.05) is 0 Å². The number of sulfonamides is 1. The SMILES string of the molecule is COc1cc(NS(=O)(=O)c2ccc(NC(=O)c3c(Cl)c(C(F)(F)F)nn3C)cc2)nc(OC)n1. The predicted octanol–water partition coefficient (Wildman–Crippen LogP) is 2.95. The van der Waals surface area contributed by atoms with Gasteiger partial charge in [-0.2, -0.15) is 28.2 Å². The molecule has 16 heteroatoms. The number of carbonyl (C=O) groups excluding carboxylic acids is 1. The number of anilines is 2. The van der Waals surface area contributed by atoms with Crippen LogP contribution in [0.25, 0.3) is 0 Å². The third-order valence-corrected chi connectivity index (χ3v) is 5.94. The molecule has 0 saturated carbocycles. The number of aryl methyl sites for hydroxylation is 1. The second kappa shape index (κ2) is 9.34. The number of alkyl halides is 3. The normalized spacial score (nSPS) is 11.7. The topological polar surface area (TPSA) is 137 Å². The number of hydrogen-bond donors (Lipinski definition) is 2. The highest BCUT2D eigenvalue weighted by molar-refractivity contribution is 7.92. The van der Waals surface area contributed by atoms with E-state index >= 15 is 0 Å². The smallest absolute Gasteiger partial charge is 0.436 e. The first-order chi connectivity index (χ1) is 15.9. The minimum absolute atomic E-state index is 0.0603. The molecule has 0 atom stereocenters. The van der Waals surface area contributed by atoms with Gasteiger partial charge < -0.3 is 14.8 Å². The average Bonchev–Trinajstić information content (AvgIpc) is 3.07. The number of ether oxygens (including phenoxy) is 2. The van der Waals surface area contributed by atoms with E-state index in [0.717, 1.165) is 7.05 Å². The van der Waals surface area contributed by atoms with Crippen molar-refractivity contribution in [3.05, 3.63) is 46.7 Å². The van der Waals surface area contributed by atoms with Crippen LogP contribution in [0.15, 0.2) is 35.2 Å². The van der Waals surface area contributed by atoms with Crippen molar-refractivity contribution in [3.8, 4) is 11.9 Å². The molecule has 2 aromatic heterocycles. The molecule has 1 amide bonds. The lowest BCUT2D eigenvalue weighted by atomic mass is 10.3. The minimum atomic E-state index is -4.84. The second-order valence-electron chi connectivity index (χ2n) is 6.50. The monoisotopic (exact) mass is 520 g/mol. The number of hydrogen-bond acceptors (Lipinski definition) is 8. The lowest BCUT2D eigenvalue weighted by Crippen LogP contribution is -2.17. The van der Waals surface area contributed by atoms with Crippen LogP contribution in [-0.2, 0) is 23.2 Å². The van der Waals surface area contributed by atoms with Gasteiger partial charge in [0.1, 0.15) is 10.7 Å². The average molecular weight is 521 g/mol. The number of aromatic nitrogens is 4. The third-order valence-electron chi connectivity index (χ3n) is 4.21. The van der Waals surface area contributed by atoms with Crippen LogP contribution in [-0.4, -0.2) is 48.3 Å². The Kier molecular flexibility index (Phi) is 6.88. The number of rotatable bonds is 7. The zero-order valence-electron chi connectivity index (χ0n) is 17.6. The van der Waals surface area contributed by atoms with Crippen molar-refractivity contribution in [3.63, 3.8) is 0 Å². The first-order valence-corrected chi connectivity index (χ1v) is 10.9. The maximum Gasteiger partial charge on any atom is 0.436 e. The standard InChI is InChI=1S/C18H16ClF3N6O5S/c1-28-14(13(19)15(26-28)18(20,21)22)16(29)23-9-4-6-10(7-5-9)34(30,31)27-11-8-12(32-2)25-17(24-11)33-3/h4-8H,1-3H3,(H,23,29)(H,24,25,27). The summed E-state index contributed by atoms with van der Waals surface area (Å²) in [5.74, 6) is -1.03. The highest BCUT2D eigenvalue weighted by Gasteiger charge is 2.39.